The number of aromatic nitrogens is 2. The largest absolute Gasteiger partial charge is 0.378 e. The van der Waals surface area contributed by atoms with Gasteiger partial charge in [-0.25, -0.2) is 4.98 Å². The molecule has 0 aromatic carbocycles. The van der Waals surface area contributed by atoms with Crippen LogP contribution in [0.4, 0.5) is 0 Å². The van der Waals surface area contributed by atoms with E-state index in [1.807, 2.05) is 0 Å². The quantitative estimate of drug-likeness (QED) is 0.906. The summed E-state index contributed by atoms with van der Waals surface area (Å²) in [5.41, 5.74) is 2.75. The Balaban J connectivity index is 1.85. The van der Waals surface area contributed by atoms with Crippen molar-refractivity contribution in [1.29, 1.82) is 0 Å². The van der Waals surface area contributed by atoms with Crippen LogP contribution in [0.3, 0.4) is 0 Å². The number of hydrogen-bond acceptors (Lipinski definition) is 3. The zero-order valence-electron chi connectivity index (χ0n) is 12.3. The van der Waals surface area contributed by atoms with Gasteiger partial charge >= 0.3 is 0 Å². The maximum atomic E-state index is 5.70. The minimum atomic E-state index is 0.467. The number of ether oxygens (including phenoxy) is 1. The molecule has 0 saturated heterocycles. The highest BCUT2D eigenvalue weighted by Crippen LogP contribution is 2.38. The molecule has 19 heavy (non-hydrogen) atoms. The summed E-state index contributed by atoms with van der Waals surface area (Å²) in [6, 6.07) is 0.614. The summed E-state index contributed by atoms with van der Waals surface area (Å²) in [7, 11) is 0. The van der Waals surface area contributed by atoms with Crippen LogP contribution in [0, 0.1) is 0 Å². The van der Waals surface area contributed by atoms with Crippen LogP contribution in [0.25, 0.3) is 0 Å². The van der Waals surface area contributed by atoms with E-state index in [0.29, 0.717) is 18.1 Å². The van der Waals surface area contributed by atoms with Gasteiger partial charge in [-0.1, -0.05) is 13.8 Å². The highest BCUT2D eigenvalue weighted by Gasteiger charge is 2.35. The third-order valence-electron chi connectivity index (χ3n) is 4.31. The average Bonchev–Trinajstić information content (AvgIpc) is 2.72. The standard InChI is InChI=1S/C15H25N3O/c1-4-19-12-7-11(8-12)18-14-5-6-16-9-13(14)17-15(18)10(2)3/h10-12,16H,4-9H2,1-3H3. The van der Waals surface area contributed by atoms with Crippen molar-refractivity contribution in [2.45, 2.75) is 64.6 Å². The molecule has 1 fully saturated rings. The first-order valence-corrected chi connectivity index (χ1v) is 7.62. The normalized spacial score (nSPS) is 26.3. The van der Waals surface area contributed by atoms with E-state index in [2.05, 4.69) is 30.7 Å². The molecule has 3 rings (SSSR count). The van der Waals surface area contributed by atoms with Gasteiger partial charge in [0.15, 0.2) is 0 Å². The van der Waals surface area contributed by atoms with E-state index in [9.17, 15) is 0 Å². The number of nitrogens with zero attached hydrogens (tertiary/aromatic N) is 2. The molecule has 1 aliphatic heterocycles. The molecule has 1 aliphatic carbocycles. The summed E-state index contributed by atoms with van der Waals surface area (Å²) in [6.45, 7) is 9.42. The van der Waals surface area contributed by atoms with E-state index >= 15 is 0 Å². The van der Waals surface area contributed by atoms with Crippen molar-refractivity contribution in [3.05, 3.63) is 17.2 Å². The van der Waals surface area contributed by atoms with Gasteiger partial charge in [0.25, 0.3) is 0 Å². The Morgan fingerprint density at radius 1 is 1.42 bits per heavy atom. The van der Waals surface area contributed by atoms with Gasteiger partial charge in [-0.15, -0.1) is 0 Å². The van der Waals surface area contributed by atoms with Crippen molar-refractivity contribution in [2.75, 3.05) is 13.2 Å². The fraction of sp³-hybridized carbons (Fsp3) is 0.800. The second kappa shape index (κ2) is 5.25. The second-order valence-electron chi connectivity index (χ2n) is 6.02. The Kier molecular flexibility index (Phi) is 3.63. The zero-order chi connectivity index (χ0) is 13.4. The summed E-state index contributed by atoms with van der Waals surface area (Å²) in [5.74, 6) is 1.77. The van der Waals surface area contributed by atoms with Crippen molar-refractivity contribution in [3.63, 3.8) is 0 Å². The van der Waals surface area contributed by atoms with E-state index in [4.69, 9.17) is 9.72 Å². The molecule has 1 aromatic heterocycles. The number of rotatable bonds is 4. The van der Waals surface area contributed by atoms with Gasteiger partial charge in [0.2, 0.25) is 0 Å². The summed E-state index contributed by atoms with van der Waals surface area (Å²) in [5, 5.41) is 3.42. The summed E-state index contributed by atoms with van der Waals surface area (Å²) in [4.78, 5) is 4.88. The molecule has 2 aliphatic rings. The van der Waals surface area contributed by atoms with E-state index in [1.165, 1.54) is 17.2 Å². The van der Waals surface area contributed by atoms with Crippen molar-refractivity contribution in [3.8, 4) is 0 Å². The number of hydrogen-bond donors (Lipinski definition) is 1. The van der Waals surface area contributed by atoms with Crippen LogP contribution in [0.15, 0.2) is 0 Å². The van der Waals surface area contributed by atoms with Crippen molar-refractivity contribution in [2.24, 2.45) is 0 Å². The van der Waals surface area contributed by atoms with Gasteiger partial charge in [-0.2, -0.15) is 0 Å². The Hall–Kier alpha value is -0.870. The van der Waals surface area contributed by atoms with Crippen molar-refractivity contribution < 1.29 is 4.74 Å². The van der Waals surface area contributed by atoms with Gasteiger partial charge in [0, 0.05) is 43.8 Å². The van der Waals surface area contributed by atoms with Crippen LogP contribution in [0.1, 0.15) is 62.8 Å². The molecule has 0 unspecified atom stereocenters. The first kappa shape index (κ1) is 13.1. The van der Waals surface area contributed by atoms with Gasteiger partial charge in [-0.05, 0) is 19.8 Å². The smallest absolute Gasteiger partial charge is 0.112 e. The van der Waals surface area contributed by atoms with Crippen molar-refractivity contribution in [1.82, 2.24) is 14.9 Å². The van der Waals surface area contributed by atoms with Crippen LogP contribution >= 0.6 is 0 Å². The maximum absolute atomic E-state index is 5.70. The van der Waals surface area contributed by atoms with E-state index in [1.54, 1.807) is 0 Å². The number of imidazole rings is 1. The van der Waals surface area contributed by atoms with E-state index < -0.39 is 0 Å². The van der Waals surface area contributed by atoms with Gasteiger partial charge < -0.3 is 14.6 Å². The molecule has 0 bridgehead atoms. The van der Waals surface area contributed by atoms with Crippen LogP contribution in [-0.4, -0.2) is 28.8 Å². The van der Waals surface area contributed by atoms with Crippen LogP contribution in [0.5, 0.6) is 0 Å². The molecular formula is C15H25N3O. The highest BCUT2D eigenvalue weighted by atomic mass is 16.5. The third-order valence-corrected chi connectivity index (χ3v) is 4.31. The first-order chi connectivity index (χ1) is 9.20. The maximum Gasteiger partial charge on any atom is 0.112 e. The van der Waals surface area contributed by atoms with Crippen molar-refractivity contribution >= 4 is 0 Å². The molecule has 0 atom stereocenters. The van der Waals surface area contributed by atoms with Gasteiger partial charge in [-0.3, -0.25) is 0 Å². The zero-order valence-corrected chi connectivity index (χ0v) is 12.3. The monoisotopic (exact) mass is 263 g/mol. The van der Waals surface area contributed by atoms with Crippen LogP contribution < -0.4 is 5.32 Å². The Labute approximate surface area is 115 Å². The second-order valence-corrected chi connectivity index (χ2v) is 6.02. The fourth-order valence-electron chi connectivity index (χ4n) is 3.29. The molecule has 0 radical (unpaired) electrons. The minimum absolute atomic E-state index is 0.467. The molecule has 1 saturated carbocycles. The third kappa shape index (κ3) is 2.32. The van der Waals surface area contributed by atoms with Gasteiger partial charge in [0.1, 0.15) is 5.82 Å². The predicted octanol–water partition coefficient (Wildman–Crippen LogP) is 2.39. The molecule has 0 amide bonds. The highest BCUT2D eigenvalue weighted by molar-refractivity contribution is 5.23. The Morgan fingerprint density at radius 3 is 2.89 bits per heavy atom. The lowest BCUT2D eigenvalue weighted by Crippen LogP contribution is -2.36. The molecule has 1 aromatic rings. The predicted molar refractivity (Wildman–Crippen MR) is 75.4 cm³/mol. The summed E-state index contributed by atoms with van der Waals surface area (Å²) in [6.07, 6.45) is 3.90. The molecule has 106 valence electrons. The molecule has 0 spiro atoms. The minimum Gasteiger partial charge on any atom is -0.378 e. The summed E-state index contributed by atoms with van der Waals surface area (Å²) < 4.78 is 8.24. The average molecular weight is 263 g/mol. The van der Waals surface area contributed by atoms with Crippen LogP contribution in [0.2, 0.25) is 0 Å². The van der Waals surface area contributed by atoms with Crippen LogP contribution in [-0.2, 0) is 17.7 Å². The topological polar surface area (TPSA) is 39.1 Å². The fourth-order valence-corrected chi connectivity index (χ4v) is 3.29. The Morgan fingerprint density at radius 2 is 2.21 bits per heavy atom. The molecule has 4 heteroatoms. The Bertz CT molecular complexity index is 446. The lowest BCUT2D eigenvalue weighted by Gasteiger charge is -2.38. The lowest BCUT2D eigenvalue weighted by molar-refractivity contribution is -0.0211. The molecule has 1 N–H and O–H groups in total. The molecular weight excluding hydrogens is 238 g/mol. The number of nitrogens with one attached hydrogen (secondary N) is 1. The number of fused-ring (bicyclic) bond motifs is 1. The SMILES string of the molecule is CCOC1CC(n2c(C(C)C)nc3c2CCNC3)C1. The molecule has 2 heterocycles. The first-order valence-electron chi connectivity index (χ1n) is 7.62. The molecule has 4 nitrogen and oxygen atoms in total. The lowest BCUT2D eigenvalue weighted by atomic mass is 9.88. The van der Waals surface area contributed by atoms with Gasteiger partial charge in [0.05, 0.1) is 11.8 Å². The van der Waals surface area contributed by atoms with E-state index in [0.717, 1.165) is 39.0 Å². The summed E-state index contributed by atoms with van der Waals surface area (Å²) >= 11 is 0. The van der Waals surface area contributed by atoms with E-state index in [-0.39, 0.29) is 0 Å².